The second-order valence-corrected chi connectivity index (χ2v) is 10.5. The fraction of sp³-hybridized carbons (Fsp3) is 0.526. The van der Waals surface area contributed by atoms with Gasteiger partial charge in [0.1, 0.15) is 47.9 Å². The van der Waals surface area contributed by atoms with Crippen molar-refractivity contribution in [1.29, 1.82) is 0 Å². The van der Waals surface area contributed by atoms with Crippen molar-refractivity contribution in [3.8, 4) is 0 Å². The number of hydrogen-bond donors (Lipinski definition) is 6. The molecule has 20 heteroatoms. The predicted octanol–water partition coefficient (Wildman–Crippen LogP) is -1.42. The molecule has 0 spiro atoms. The maximum absolute atomic E-state index is 13.7. The minimum atomic E-state index is -4.89. The van der Waals surface area contributed by atoms with Gasteiger partial charge in [0.2, 0.25) is 5.82 Å². The lowest BCUT2D eigenvalue weighted by Gasteiger charge is -2.21. The van der Waals surface area contributed by atoms with Gasteiger partial charge in [0, 0.05) is 6.42 Å². The molecule has 2 saturated heterocycles. The minimum absolute atomic E-state index is 0.198. The van der Waals surface area contributed by atoms with Crippen LogP contribution in [0.25, 0.3) is 11.2 Å². The number of H-pyrrole nitrogens is 2. The number of nitrogens with zero attached hydrogens (tertiary/aromatic N) is 4. The average Bonchev–Trinajstić information content (AvgIpc) is 3.57. The molecule has 0 bridgehead atoms. The van der Waals surface area contributed by atoms with E-state index in [2.05, 4.69) is 15.0 Å². The first-order chi connectivity index (χ1) is 18.5. The Hall–Kier alpha value is -2.71. The summed E-state index contributed by atoms with van der Waals surface area (Å²) < 4.78 is 49.8. The average molecular weight is 592 g/mol. The Bertz CT molecular complexity index is 1590. The standard InChI is InChI=1S/C19H22FN6O11PS/c20-7-2-25(19(31)24-16(7)30)11-1-8(9(3-27)35-11)37-38(32,33)34-4-10-13(28)14(29)18(36-10)26-6-23-12-15(26)21-5-22-17(12)39/h2,5-6,8-11,13-14,18,27-29H,1,3-4H2,(H,32,33)(H,21,22,39)(H,24,30,31). The number of halogens is 1. The van der Waals surface area contributed by atoms with Crippen molar-refractivity contribution in [2.24, 2.45) is 0 Å². The zero-order valence-corrected chi connectivity index (χ0v) is 21.3. The monoisotopic (exact) mass is 592 g/mol. The van der Waals surface area contributed by atoms with E-state index in [1.54, 1.807) is 4.98 Å². The van der Waals surface area contributed by atoms with Crippen molar-refractivity contribution >= 4 is 31.2 Å². The number of aromatic nitrogens is 6. The smallest absolute Gasteiger partial charge is 0.394 e. The molecule has 0 aliphatic carbocycles. The molecule has 0 amide bonds. The molecular weight excluding hydrogens is 570 g/mol. The van der Waals surface area contributed by atoms with Crippen LogP contribution in [0.2, 0.25) is 0 Å². The highest BCUT2D eigenvalue weighted by Crippen LogP contribution is 2.49. The van der Waals surface area contributed by atoms with E-state index in [0.29, 0.717) is 21.9 Å². The Labute approximate surface area is 221 Å². The molecule has 39 heavy (non-hydrogen) atoms. The topological polar surface area (TPSA) is 236 Å². The van der Waals surface area contributed by atoms with Crippen LogP contribution in [-0.2, 0) is 23.1 Å². The van der Waals surface area contributed by atoms with Crippen LogP contribution in [0.15, 0.2) is 28.4 Å². The Morgan fingerprint density at radius 1 is 1.21 bits per heavy atom. The van der Waals surface area contributed by atoms with Crippen LogP contribution in [-0.4, -0.2) is 93.0 Å². The molecule has 2 aliphatic heterocycles. The van der Waals surface area contributed by atoms with Gasteiger partial charge in [-0.2, -0.15) is 4.39 Å². The molecule has 8 atom stereocenters. The number of aromatic amines is 2. The molecule has 8 unspecified atom stereocenters. The second kappa shape index (κ2) is 10.7. The summed E-state index contributed by atoms with van der Waals surface area (Å²) in [6.45, 7) is -1.39. The number of aliphatic hydroxyl groups is 3. The predicted molar refractivity (Wildman–Crippen MR) is 126 cm³/mol. The van der Waals surface area contributed by atoms with E-state index in [9.17, 15) is 38.8 Å². The molecular formula is C19H22FN6O11PS. The van der Waals surface area contributed by atoms with Gasteiger partial charge in [-0.15, -0.1) is 0 Å². The molecule has 2 aliphatic rings. The van der Waals surface area contributed by atoms with E-state index in [0.717, 1.165) is 0 Å². The number of ether oxygens (including phenoxy) is 2. The number of imidazole rings is 1. The van der Waals surface area contributed by atoms with Crippen molar-refractivity contribution in [1.82, 2.24) is 29.1 Å². The lowest BCUT2D eigenvalue weighted by Crippen LogP contribution is -2.34. The van der Waals surface area contributed by atoms with Crippen molar-refractivity contribution in [3.05, 3.63) is 50.1 Å². The maximum atomic E-state index is 13.7. The fourth-order valence-corrected chi connectivity index (χ4v) is 5.52. The summed E-state index contributed by atoms with van der Waals surface area (Å²) in [5.41, 5.74) is -1.56. The second-order valence-electron chi connectivity index (χ2n) is 8.70. The number of nitrogens with one attached hydrogen (secondary N) is 2. The quantitative estimate of drug-likeness (QED) is 0.130. The molecule has 6 N–H and O–H groups in total. The Morgan fingerprint density at radius 3 is 2.72 bits per heavy atom. The molecule has 0 radical (unpaired) electrons. The van der Waals surface area contributed by atoms with Gasteiger partial charge in [0.05, 0.1) is 32.1 Å². The number of rotatable bonds is 8. The largest absolute Gasteiger partial charge is 0.472 e. The number of aliphatic hydroxyl groups excluding tert-OH is 3. The maximum Gasteiger partial charge on any atom is 0.472 e. The Morgan fingerprint density at radius 2 is 1.97 bits per heavy atom. The van der Waals surface area contributed by atoms with Crippen LogP contribution in [0.5, 0.6) is 0 Å². The molecule has 2 fully saturated rings. The van der Waals surface area contributed by atoms with Gasteiger partial charge >= 0.3 is 13.5 Å². The van der Waals surface area contributed by atoms with Crippen LogP contribution in [0.1, 0.15) is 18.9 Å². The molecule has 5 heterocycles. The van der Waals surface area contributed by atoms with E-state index in [4.69, 9.17) is 30.7 Å². The Kier molecular flexibility index (Phi) is 7.63. The highest BCUT2D eigenvalue weighted by molar-refractivity contribution is 7.71. The number of phosphoric acid groups is 1. The molecule has 0 saturated carbocycles. The van der Waals surface area contributed by atoms with Gasteiger partial charge in [-0.05, 0) is 0 Å². The number of hydrogen-bond acceptors (Lipinski definition) is 13. The van der Waals surface area contributed by atoms with Gasteiger partial charge < -0.3 is 34.7 Å². The zero-order valence-electron chi connectivity index (χ0n) is 19.6. The highest BCUT2D eigenvalue weighted by atomic mass is 32.1. The zero-order chi connectivity index (χ0) is 28.1. The van der Waals surface area contributed by atoms with Crippen LogP contribution in [0.3, 0.4) is 0 Å². The highest BCUT2D eigenvalue weighted by Gasteiger charge is 2.46. The van der Waals surface area contributed by atoms with E-state index >= 15 is 0 Å². The first kappa shape index (κ1) is 27.8. The summed E-state index contributed by atoms with van der Waals surface area (Å²) in [6, 6.07) is 0. The Balaban J connectivity index is 1.24. The molecule has 0 aromatic carbocycles. The van der Waals surface area contributed by atoms with Crippen LogP contribution in [0.4, 0.5) is 4.39 Å². The number of phosphoric ester groups is 1. The SMILES string of the molecule is O=c1[nH]c(=O)n(C2CC(OP(=O)(O)OCC3OC(n4cnc5c(=S)nc[nH]c54)C(O)C3O)C(CO)O2)cc1F. The summed E-state index contributed by atoms with van der Waals surface area (Å²) >= 11 is 5.10. The summed E-state index contributed by atoms with van der Waals surface area (Å²) in [4.78, 5) is 46.2. The number of fused-ring (bicyclic) bond motifs is 1. The molecule has 3 aromatic heterocycles. The molecule has 17 nitrogen and oxygen atoms in total. The molecule has 5 rings (SSSR count). The van der Waals surface area contributed by atoms with Crippen molar-refractivity contribution in [2.75, 3.05) is 13.2 Å². The molecule has 212 valence electrons. The summed E-state index contributed by atoms with van der Waals surface area (Å²) in [7, 11) is -4.89. The molecule has 3 aromatic rings. The van der Waals surface area contributed by atoms with Crippen LogP contribution < -0.4 is 11.2 Å². The van der Waals surface area contributed by atoms with Crippen molar-refractivity contribution in [2.45, 2.75) is 49.4 Å². The normalized spacial score (nSPS) is 30.6. The van der Waals surface area contributed by atoms with E-state index in [1.165, 1.54) is 17.2 Å². The fourth-order valence-electron chi connectivity index (χ4n) is 4.35. The van der Waals surface area contributed by atoms with E-state index < -0.39 is 81.1 Å². The van der Waals surface area contributed by atoms with Gasteiger partial charge in [0.25, 0.3) is 5.56 Å². The van der Waals surface area contributed by atoms with Gasteiger partial charge in [-0.25, -0.2) is 19.3 Å². The lowest BCUT2D eigenvalue weighted by molar-refractivity contribution is -0.0592. The summed E-state index contributed by atoms with van der Waals surface area (Å²) in [6.07, 6.45) is -6.26. The summed E-state index contributed by atoms with van der Waals surface area (Å²) in [5, 5.41) is 30.6. The van der Waals surface area contributed by atoms with Gasteiger partial charge in [-0.1, -0.05) is 12.2 Å². The summed E-state index contributed by atoms with van der Waals surface area (Å²) in [5.74, 6) is -1.27. The van der Waals surface area contributed by atoms with Gasteiger partial charge in [0.15, 0.2) is 10.9 Å². The van der Waals surface area contributed by atoms with Crippen molar-refractivity contribution in [3.63, 3.8) is 0 Å². The first-order valence-corrected chi connectivity index (χ1v) is 13.2. The minimum Gasteiger partial charge on any atom is -0.394 e. The third-order valence-corrected chi connectivity index (χ3v) is 7.57. The third kappa shape index (κ3) is 5.38. The van der Waals surface area contributed by atoms with E-state index in [-0.39, 0.29) is 11.1 Å². The van der Waals surface area contributed by atoms with E-state index in [1.807, 2.05) is 0 Å². The third-order valence-electron chi connectivity index (χ3n) is 6.26. The van der Waals surface area contributed by atoms with Crippen molar-refractivity contribution < 1.29 is 47.7 Å². The first-order valence-electron chi connectivity index (χ1n) is 11.3. The lowest BCUT2D eigenvalue weighted by atomic mass is 10.1. The van der Waals surface area contributed by atoms with Crippen LogP contribution >= 0.6 is 20.0 Å². The van der Waals surface area contributed by atoms with Crippen LogP contribution in [0, 0.1) is 10.5 Å². The van der Waals surface area contributed by atoms with Gasteiger partial charge in [-0.3, -0.25) is 28.0 Å².